The Morgan fingerprint density at radius 1 is 1.07 bits per heavy atom. The highest BCUT2D eigenvalue weighted by molar-refractivity contribution is 7.99. The van der Waals surface area contributed by atoms with E-state index in [0.717, 1.165) is 11.1 Å². The van der Waals surface area contributed by atoms with Crippen molar-refractivity contribution in [2.24, 2.45) is 0 Å². The van der Waals surface area contributed by atoms with Gasteiger partial charge in [0.05, 0.1) is 11.5 Å². The number of sulfonamides is 1. The van der Waals surface area contributed by atoms with Gasteiger partial charge in [0.15, 0.2) is 5.78 Å². The molecule has 0 fully saturated rings. The number of rotatable bonds is 8. The molecule has 1 N–H and O–H groups in total. The van der Waals surface area contributed by atoms with Crippen LogP contribution < -0.4 is 4.72 Å². The lowest BCUT2D eigenvalue weighted by molar-refractivity contribution is 0.102. The highest BCUT2D eigenvalue weighted by Gasteiger charge is 2.13. The lowest BCUT2D eigenvalue weighted by Crippen LogP contribution is -2.14. The van der Waals surface area contributed by atoms with Crippen molar-refractivity contribution in [3.05, 3.63) is 59.2 Å². The first-order valence-electron chi connectivity index (χ1n) is 8.95. The monoisotopic (exact) mass is 431 g/mol. The summed E-state index contributed by atoms with van der Waals surface area (Å²) in [6.45, 7) is 5.55. The average Bonchev–Trinajstić information content (AvgIpc) is 3.17. The molecule has 0 radical (unpaired) electrons. The molecule has 1 aromatic heterocycles. The van der Waals surface area contributed by atoms with E-state index in [9.17, 15) is 13.2 Å². The van der Waals surface area contributed by atoms with Crippen LogP contribution in [0.3, 0.4) is 0 Å². The van der Waals surface area contributed by atoms with Gasteiger partial charge in [0, 0.05) is 16.8 Å². The van der Waals surface area contributed by atoms with E-state index in [1.807, 2.05) is 32.0 Å². The van der Waals surface area contributed by atoms with Crippen LogP contribution in [0.15, 0.2) is 52.1 Å². The van der Waals surface area contributed by atoms with Crippen LogP contribution in [0.4, 0.5) is 5.69 Å². The minimum Gasteiger partial charge on any atom is -0.411 e. The summed E-state index contributed by atoms with van der Waals surface area (Å²) in [6, 6.07) is 12.3. The van der Waals surface area contributed by atoms with Crippen molar-refractivity contribution in [3.8, 4) is 11.5 Å². The maximum atomic E-state index is 12.4. The van der Waals surface area contributed by atoms with Crippen LogP contribution in [-0.4, -0.2) is 35.9 Å². The summed E-state index contributed by atoms with van der Waals surface area (Å²) in [5.74, 6) is 0.489. The van der Waals surface area contributed by atoms with Gasteiger partial charge in [-0.25, -0.2) is 8.42 Å². The number of nitrogens with zero attached hydrogens (tertiary/aromatic N) is 2. The first-order chi connectivity index (χ1) is 13.8. The number of benzene rings is 2. The lowest BCUT2D eigenvalue weighted by Gasteiger charge is -2.05. The van der Waals surface area contributed by atoms with Crippen LogP contribution in [0, 0.1) is 13.8 Å². The Morgan fingerprint density at radius 3 is 2.45 bits per heavy atom. The van der Waals surface area contributed by atoms with E-state index >= 15 is 0 Å². The summed E-state index contributed by atoms with van der Waals surface area (Å²) in [4.78, 5) is 12.4. The molecule has 0 saturated carbocycles. The molecule has 0 spiro atoms. The lowest BCUT2D eigenvalue weighted by atomic mass is 10.0. The van der Waals surface area contributed by atoms with Gasteiger partial charge in [-0.3, -0.25) is 9.52 Å². The number of aryl methyl sites for hydroxylation is 2. The van der Waals surface area contributed by atoms with Gasteiger partial charge in [-0.15, -0.1) is 10.2 Å². The summed E-state index contributed by atoms with van der Waals surface area (Å²) < 4.78 is 31.3. The minimum atomic E-state index is -3.33. The second-order valence-corrected chi connectivity index (χ2v) is 9.40. The smallest absolute Gasteiger partial charge is 0.277 e. The number of carbonyl (C=O) groups excluding carboxylic acids is 1. The second-order valence-electron chi connectivity index (χ2n) is 6.47. The van der Waals surface area contributed by atoms with Gasteiger partial charge in [0.1, 0.15) is 0 Å². The van der Waals surface area contributed by atoms with Gasteiger partial charge < -0.3 is 4.42 Å². The molecule has 0 aliphatic carbocycles. The maximum absolute atomic E-state index is 12.4. The number of nitrogens with one attached hydrogen (secondary N) is 1. The molecule has 3 rings (SSSR count). The zero-order valence-corrected chi connectivity index (χ0v) is 17.9. The molecule has 7 nitrogen and oxygen atoms in total. The molecular formula is C20H21N3O4S2. The number of thioether (sulfide) groups is 1. The van der Waals surface area contributed by atoms with E-state index in [-0.39, 0.29) is 17.3 Å². The van der Waals surface area contributed by atoms with Crippen molar-refractivity contribution in [2.45, 2.75) is 26.0 Å². The zero-order chi connectivity index (χ0) is 21.0. The Labute approximate surface area is 174 Å². The Balaban J connectivity index is 1.63. The standard InChI is InChI=1S/C20H21N3O4S2/c1-4-29(25,26)23-17-9-7-15(8-10-17)19-21-22-20(27-19)28-12-18(24)16-6-5-13(2)14(3)11-16/h5-11,23H,4,12H2,1-3H3. The summed E-state index contributed by atoms with van der Waals surface area (Å²) in [6.07, 6.45) is 0. The van der Waals surface area contributed by atoms with Crippen molar-refractivity contribution < 1.29 is 17.6 Å². The normalized spacial score (nSPS) is 11.4. The van der Waals surface area contributed by atoms with E-state index in [4.69, 9.17) is 4.42 Å². The fourth-order valence-corrected chi connectivity index (χ4v) is 3.74. The third-order valence-corrected chi connectivity index (χ3v) is 6.47. The van der Waals surface area contributed by atoms with Crippen LogP contribution in [0.5, 0.6) is 0 Å². The second kappa shape index (κ2) is 8.79. The van der Waals surface area contributed by atoms with Gasteiger partial charge in [0.25, 0.3) is 5.22 Å². The molecule has 29 heavy (non-hydrogen) atoms. The van der Waals surface area contributed by atoms with Crippen LogP contribution in [-0.2, 0) is 10.0 Å². The van der Waals surface area contributed by atoms with Gasteiger partial charge in [-0.1, -0.05) is 23.9 Å². The fraction of sp³-hybridized carbons (Fsp3) is 0.250. The molecule has 0 saturated heterocycles. The third kappa shape index (κ3) is 5.45. The number of hydrogen-bond acceptors (Lipinski definition) is 7. The number of carbonyl (C=O) groups is 1. The Kier molecular flexibility index (Phi) is 6.39. The average molecular weight is 432 g/mol. The SMILES string of the molecule is CCS(=O)(=O)Nc1ccc(-c2nnc(SCC(=O)c3ccc(C)c(C)c3)o2)cc1. The molecule has 0 aliphatic rings. The van der Waals surface area contributed by atoms with E-state index in [1.165, 1.54) is 11.8 Å². The zero-order valence-electron chi connectivity index (χ0n) is 16.3. The molecule has 0 amide bonds. The summed E-state index contributed by atoms with van der Waals surface area (Å²) in [5.41, 5.74) is 3.99. The summed E-state index contributed by atoms with van der Waals surface area (Å²) in [5, 5.41) is 8.26. The van der Waals surface area contributed by atoms with Crippen molar-refractivity contribution in [1.82, 2.24) is 10.2 Å². The number of aromatic nitrogens is 2. The van der Waals surface area contributed by atoms with E-state index in [2.05, 4.69) is 14.9 Å². The van der Waals surface area contributed by atoms with Crippen LogP contribution in [0.25, 0.3) is 11.5 Å². The highest BCUT2D eigenvalue weighted by atomic mass is 32.2. The van der Waals surface area contributed by atoms with Crippen LogP contribution in [0.1, 0.15) is 28.4 Å². The molecule has 2 aromatic carbocycles. The van der Waals surface area contributed by atoms with Crippen molar-refractivity contribution in [1.29, 1.82) is 0 Å². The number of hydrogen-bond donors (Lipinski definition) is 1. The molecule has 0 bridgehead atoms. The number of anilines is 1. The fourth-order valence-electron chi connectivity index (χ4n) is 2.44. The molecule has 1 heterocycles. The van der Waals surface area contributed by atoms with Crippen molar-refractivity contribution >= 4 is 33.3 Å². The summed E-state index contributed by atoms with van der Waals surface area (Å²) in [7, 11) is -3.33. The van der Waals surface area contributed by atoms with Gasteiger partial charge in [-0.2, -0.15) is 0 Å². The highest BCUT2D eigenvalue weighted by Crippen LogP contribution is 2.25. The number of Topliss-reactive ketones (excluding diaryl/α,β-unsaturated/α-hetero) is 1. The van der Waals surface area contributed by atoms with Crippen molar-refractivity contribution in [2.75, 3.05) is 16.2 Å². The van der Waals surface area contributed by atoms with E-state index in [0.29, 0.717) is 27.9 Å². The largest absolute Gasteiger partial charge is 0.411 e. The molecule has 152 valence electrons. The van der Waals surface area contributed by atoms with E-state index < -0.39 is 10.0 Å². The van der Waals surface area contributed by atoms with Crippen LogP contribution in [0.2, 0.25) is 0 Å². The topological polar surface area (TPSA) is 102 Å². The first-order valence-corrected chi connectivity index (χ1v) is 11.6. The summed E-state index contributed by atoms with van der Waals surface area (Å²) >= 11 is 1.18. The molecule has 0 unspecified atom stereocenters. The van der Waals surface area contributed by atoms with Gasteiger partial charge in [-0.05, 0) is 62.2 Å². The molecule has 3 aromatic rings. The van der Waals surface area contributed by atoms with Crippen LogP contribution >= 0.6 is 11.8 Å². The van der Waals surface area contributed by atoms with Gasteiger partial charge >= 0.3 is 0 Å². The molecule has 0 atom stereocenters. The van der Waals surface area contributed by atoms with Crippen molar-refractivity contribution in [3.63, 3.8) is 0 Å². The molecule has 0 aliphatic heterocycles. The predicted molar refractivity (Wildman–Crippen MR) is 114 cm³/mol. The van der Waals surface area contributed by atoms with Gasteiger partial charge in [0.2, 0.25) is 15.9 Å². The quantitative estimate of drug-likeness (QED) is 0.423. The Bertz CT molecular complexity index is 1120. The predicted octanol–water partition coefficient (Wildman–Crippen LogP) is 4.09. The molecule has 9 heteroatoms. The third-order valence-electron chi connectivity index (χ3n) is 4.35. The minimum absolute atomic E-state index is 0.000128. The Hall–Kier alpha value is -2.65. The number of ketones is 1. The first kappa shape index (κ1) is 21.1. The van der Waals surface area contributed by atoms with E-state index in [1.54, 1.807) is 31.2 Å². The molecular weight excluding hydrogens is 410 g/mol. The maximum Gasteiger partial charge on any atom is 0.277 e. The Morgan fingerprint density at radius 2 is 1.79 bits per heavy atom.